The highest BCUT2D eigenvalue weighted by molar-refractivity contribution is 5.77. The first-order valence-electron chi connectivity index (χ1n) is 5.64. The number of ether oxygens (including phenoxy) is 1. The Balaban J connectivity index is 1.91. The number of nitrogens with one attached hydrogen (secondary N) is 1. The lowest BCUT2D eigenvalue weighted by molar-refractivity contribution is -0.124. The summed E-state index contributed by atoms with van der Waals surface area (Å²) in [7, 11) is 1.53. The minimum absolute atomic E-state index is 0.0353. The Labute approximate surface area is 95.8 Å². The maximum absolute atomic E-state index is 11.3. The number of methoxy groups -OCH3 is 1. The maximum Gasteiger partial charge on any atom is 0.246 e. The van der Waals surface area contributed by atoms with Crippen molar-refractivity contribution in [3.8, 4) is 0 Å². The maximum atomic E-state index is 11.3. The summed E-state index contributed by atoms with van der Waals surface area (Å²) in [5, 5.41) is 2.90. The molecule has 0 saturated heterocycles. The SMILES string of the molecule is COCC(=O)NCC1CCc2ccccc21. The van der Waals surface area contributed by atoms with Crippen LogP contribution in [0.4, 0.5) is 0 Å². The van der Waals surface area contributed by atoms with Crippen LogP contribution in [0.15, 0.2) is 24.3 Å². The Morgan fingerprint density at radius 3 is 3.12 bits per heavy atom. The first-order valence-corrected chi connectivity index (χ1v) is 5.64. The second kappa shape index (κ2) is 5.12. The summed E-state index contributed by atoms with van der Waals surface area (Å²) < 4.78 is 4.78. The fraction of sp³-hybridized carbons (Fsp3) is 0.462. The molecule has 0 saturated carbocycles. The molecular formula is C13H17NO2. The second-order valence-electron chi connectivity index (χ2n) is 4.17. The van der Waals surface area contributed by atoms with Crippen molar-refractivity contribution in [1.82, 2.24) is 5.32 Å². The van der Waals surface area contributed by atoms with Gasteiger partial charge in [0.25, 0.3) is 0 Å². The van der Waals surface area contributed by atoms with Gasteiger partial charge in [0.05, 0.1) is 0 Å². The number of hydrogen-bond acceptors (Lipinski definition) is 2. The molecule has 0 heterocycles. The number of amides is 1. The van der Waals surface area contributed by atoms with E-state index in [1.807, 2.05) is 0 Å². The third-order valence-corrected chi connectivity index (χ3v) is 3.08. The van der Waals surface area contributed by atoms with Crippen molar-refractivity contribution >= 4 is 5.91 Å². The second-order valence-corrected chi connectivity index (χ2v) is 4.17. The molecule has 2 rings (SSSR count). The number of hydrogen-bond donors (Lipinski definition) is 1. The number of fused-ring (bicyclic) bond motifs is 1. The summed E-state index contributed by atoms with van der Waals surface area (Å²) in [6.45, 7) is 0.869. The average molecular weight is 219 g/mol. The number of rotatable bonds is 4. The highest BCUT2D eigenvalue weighted by Gasteiger charge is 2.21. The lowest BCUT2D eigenvalue weighted by Gasteiger charge is -2.12. The molecule has 0 radical (unpaired) electrons. The molecule has 0 fully saturated rings. The predicted octanol–water partition coefficient (Wildman–Crippen LogP) is 1.48. The van der Waals surface area contributed by atoms with Gasteiger partial charge in [-0.05, 0) is 24.0 Å². The molecule has 1 aliphatic rings. The molecule has 1 aliphatic carbocycles. The summed E-state index contributed by atoms with van der Waals surface area (Å²) >= 11 is 0. The van der Waals surface area contributed by atoms with Gasteiger partial charge in [-0.15, -0.1) is 0 Å². The Bertz CT molecular complexity index is 376. The Morgan fingerprint density at radius 1 is 1.50 bits per heavy atom. The van der Waals surface area contributed by atoms with E-state index in [0.29, 0.717) is 5.92 Å². The van der Waals surface area contributed by atoms with Crippen molar-refractivity contribution in [3.63, 3.8) is 0 Å². The van der Waals surface area contributed by atoms with E-state index in [2.05, 4.69) is 29.6 Å². The largest absolute Gasteiger partial charge is 0.375 e. The van der Waals surface area contributed by atoms with Crippen LogP contribution >= 0.6 is 0 Å². The third-order valence-electron chi connectivity index (χ3n) is 3.08. The van der Waals surface area contributed by atoms with E-state index >= 15 is 0 Å². The van der Waals surface area contributed by atoms with Gasteiger partial charge < -0.3 is 10.1 Å². The molecule has 86 valence electrons. The summed E-state index contributed by atoms with van der Waals surface area (Å²) in [5.41, 5.74) is 2.81. The van der Waals surface area contributed by atoms with Crippen molar-refractivity contribution in [1.29, 1.82) is 0 Å². The summed E-state index contributed by atoms with van der Waals surface area (Å²) in [6.07, 6.45) is 2.26. The minimum Gasteiger partial charge on any atom is -0.375 e. The van der Waals surface area contributed by atoms with Gasteiger partial charge in [-0.2, -0.15) is 0 Å². The van der Waals surface area contributed by atoms with E-state index in [9.17, 15) is 4.79 Å². The molecule has 0 aliphatic heterocycles. The molecule has 1 atom stereocenters. The summed E-state index contributed by atoms with van der Waals surface area (Å²) in [4.78, 5) is 11.3. The zero-order valence-electron chi connectivity index (χ0n) is 9.53. The van der Waals surface area contributed by atoms with Gasteiger partial charge in [-0.25, -0.2) is 0 Å². The molecule has 0 aromatic heterocycles. The van der Waals surface area contributed by atoms with Crippen LogP contribution in [-0.4, -0.2) is 26.2 Å². The first kappa shape index (κ1) is 11.1. The van der Waals surface area contributed by atoms with E-state index in [1.165, 1.54) is 18.2 Å². The lowest BCUT2D eigenvalue weighted by atomic mass is 10.0. The fourth-order valence-corrected chi connectivity index (χ4v) is 2.28. The van der Waals surface area contributed by atoms with E-state index in [1.54, 1.807) is 0 Å². The molecule has 0 bridgehead atoms. The van der Waals surface area contributed by atoms with Gasteiger partial charge in [0, 0.05) is 19.6 Å². The Hall–Kier alpha value is -1.35. The Kier molecular flexibility index (Phi) is 3.57. The van der Waals surface area contributed by atoms with E-state index in [0.717, 1.165) is 19.4 Å². The highest BCUT2D eigenvalue weighted by Crippen LogP contribution is 2.31. The van der Waals surface area contributed by atoms with Crippen LogP contribution in [0, 0.1) is 0 Å². The van der Waals surface area contributed by atoms with Crippen LogP contribution in [0.1, 0.15) is 23.5 Å². The zero-order chi connectivity index (χ0) is 11.4. The van der Waals surface area contributed by atoms with E-state index in [4.69, 9.17) is 4.74 Å². The molecule has 0 spiro atoms. The predicted molar refractivity (Wildman–Crippen MR) is 62.4 cm³/mol. The fourth-order valence-electron chi connectivity index (χ4n) is 2.28. The van der Waals surface area contributed by atoms with Crippen molar-refractivity contribution < 1.29 is 9.53 Å². The van der Waals surface area contributed by atoms with Crippen molar-refractivity contribution in [2.24, 2.45) is 0 Å². The summed E-state index contributed by atoms with van der Waals surface area (Å²) in [5.74, 6) is 0.434. The van der Waals surface area contributed by atoms with Gasteiger partial charge in [-0.1, -0.05) is 24.3 Å². The normalized spacial score (nSPS) is 18.2. The molecule has 3 nitrogen and oxygen atoms in total. The quantitative estimate of drug-likeness (QED) is 0.833. The Morgan fingerprint density at radius 2 is 2.31 bits per heavy atom. The van der Waals surface area contributed by atoms with Crippen LogP contribution in [-0.2, 0) is 16.0 Å². The average Bonchev–Trinajstić information content (AvgIpc) is 2.70. The van der Waals surface area contributed by atoms with E-state index in [-0.39, 0.29) is 12.5 Å². The first-order chi connectivity index (χ1) is 7.81. The third kappa shape index (κ3) is 2.42. The van der Waals surface area contributed by atoms with Gasteiger partial charge in [0.15, 0.2) is 0 Å². The van der Waals surface area contributed by atoms with Crippen LogP contribution in [0.3, 0.4) is 0 Å². The standard InChI is InChI=1S/C13H17NO2/c1-16-9-13(15)14-8-11-7-6-10-4-2-3-5-12(10)11/h2-5,11H,6-9H2,1H3,(H,14,15). The molecule has 1 aromatic rings. The van der Waals surface area contributed by atoms with Crippen molar-refractivity contribution in [3.05, 3.63) is 35.4 Å². The molecule has 1 aromatic carbocycles. The molecule has 3 heteroatoms. The molecule has 1 N–H and O–H groups in total. The molecule has 1 amide bonds. The molecule has 16 heavy (non-hydrogen) atoms. The zero-order valence-corrected chi connectivity index (χ0v) is 9.53. The molecule has 1 unspecified atom stereocenters. The number of aryl methyl sites for hydroxylation is 1. The van der Waals surface area contributed by atoms with Crippen molar-refractivity contribution in [2.45, 2.75) is 18.8 Å². The van der Waals surface area contributed by atoms with Gasteiger partial charge >= 0.3 is 0 Å². The minimum atomic E-state index is -0.0353. The lowest BCUT2D eigenvalue weighted by Crippen LogP contribution is -2.30. The topological polar surface area (TPSA) is 38.3 Å². The monoisotopic (exact) mass is 219 g/mol. The number of carbonyl (C=O) groups excluding carboxylic acids is 1. The smallest absolute Gasteiger partial charge is 0.246 e. The van der Waals surface area contributed by atoms with Gasteiger partial charge in [-0.3, -0.25) is 4.79 Å². The van der Waals surface area contributed by atoms with Gasteiger partial charge in [0.2, 0.25) is 5.91 Å². The number of carbonyl (C=O) groups is 1. The summed E-state index contributed by atoms with van der Waals surface area (Å²) in [6, 6.07) is 8.47. The van der Waals surface area contributed by atoms with Crippen molar-refractivity contribution in [2.75, 3.05) is 20.3 Å². The van der Waals surface area contributed by atoms with Gasteiger partial charge in [0.1, 0.15) is 6.61 Å². The molecular weight excluding hydrogens is 202 g/mol. The van der Waals surface area contributed by atoms with Crippen LogP contribution in [0.2, 0.25) is 0 Å². The van der Waals surface area contributed by atoms with Crippen LogP contribution < -0.4 is 5.32 Å². The highest BCUT2D eigenvalue weighted by atomic mass is 16.5. The van der Waals surface area contributed by atoms with E-state index < -0.39 is 0 Å². The van der Waals surface area contributed by atoms with Crippen LogP contribution in [0.25, 0.3) is 0 Å². The number of benzene rings is 1. The van der Waals surface area contributed by atoms with Crippen LogP contribution in [0.5, 0.6) is 0 Å².